The summed E-state index contributed by atoms with van der Waals surface area (Å²) < 4.78 is 4.71. The number of ketones is 1. The summed E-state index contributed by atoms with van der Waals surface area (Å²) in [6, 6.07) is 0. The summed E-state index contributed by atoms with van der Waals surface area (Å²) in [6.45, 7) is 2.18. The van der Waals surface area contributed by atoms with Crippen molar-refractivity contribution in [1.82, 2.24) is 0 Å². The Balaban J connectivity index is 3.55. The molecule has 0 unspecified atom stereocenters. The van der Waals surface area contributed by atoms with Gasteiger partial charge in [-0.25, -0.2) is 0 Å². The van der Waals surface area contributed by atoms with Gasteiger partial charge in [-0.15, -0.1) is 0 Å². The first-order valence-corrected chi connectivity index (χ1v) is 4.95. The minimum atomic E-state index is -0.934. The Morgan fingerprint density at radius 1 is 1.20 bits per heavy atom. The number of Topliss-reactive ketones (excluding diaryl/α,β-unsaturated/α-hetero) is 1. The van der Waals surface area contributed by atoms with Crippen LogP contribution in [0.2, 0.25) is 0 Å². The molecule has 0 aliphatic rings. The van der Waals surface area contributed by atoms with Crippen molar-refractivity contribution in [2.45, 2.75) is 39.0 Å². The van der Waals surface area contributed by atoms with E-state index in [-0.39, 0.29) is 31.5 Å². The number of ether oxygens (including phenoxy) is 1. The molecule has 0 aromatic rings. The lowest BCUT2D eigenvalue weighted by Crippen LogP contribution is -2.12. The summed E-state index contributed by atoms with van der Waals surface area (Å²) in [4.78, 5) is 32.2. The number of carbonyl (C=O) groups is 3. The van der Waals surface area contributed by atoms with E-state index < -0.39 is 11.9 Å². The summed E-state index contributed by atoms with van der Waals surface area (Å²) >= 11 is 0. The Morgan fingerprint density at radius 2 is 1.87 bits per heavy atom. The molecule has 0 bridgehead atoms. The van der Waals surface area contributed by atoms with Gasteiger partial charge in [-0.05, 0) is 12.8 Å². The molecule has 15 heavy (non-hydrogen) atoms. The number of hydrogen-bond donors (Lipinski definition) is 1. The molecule has 0 aromatic heterocycles. The molecule has 5 nitrogen and oxygen atoms in total. The van der Waals surface area contributed by atoms with Crippen LogP contribution >= 0.6 is 0 Å². The van der Waals surface area contributed by atoms with Crippen molar-refractivity contribution in [3.8, 4) is 0 Å². The highest BCUT2D eigenvalue weighted by Gasteiger charge is 2.10. The SMILES string of the molecule is CCCOC(=O)CC(=O)CCCC(=O)O. The monoisotopic (exact) mass is 216 g/mol. The molecule has 5 heteroatoms. The highest BCUT2D eigenvalue weighted by atomic mass is 16.5. The smallest absolute Gasteiger partial charge is 0.313 e. The fraction of sp³-hybridized carbons (Fsp3) is 0.700. The molecular formula is C10H16O5. The summed E-state index contributed by atoms with van der Waals surface area (Å²) in [7, 11) is 0. The van der Waals surface area contributed by atoms with Crippen molar-refractivity contribution >= 4 is 17.7 Å². The van der Waals surface area contributed by atoms with Crippen LogP contribution in [0, 0.1) is 0 Å². The van der Waals surface area contributed by atoms with Gasteiger partial charge in [0.2, 0.25) is 0 Å². The summed E-state index contributed by atoms with van der Waals surface area (Å²) in [6.07, 6.45) is 0.817. The highest BCUT2D eigenvalue weighted by Crippen LogP contribution is 2.00. The van der Waals surface area contributed by atoms with Gasteiger partial charge in [0.15, 0.2) is 0 Å². The summed E-state index contributed by atoms with van der Waals surface area (Å²) in [5.74, 6) is -1.73. The molecule has 0 atom stereocenters. The largest absolute Gasteiger partial charge is 0.481 e. The van der Waals surface area contributed by atoms with Crippen molar-refractivity contribution in [2.75, 3.05) is 6.61 Å². The van der Waals surface area contributed by atoms with Gasteiger partial charge in [-0.2, -0.15) is 0 Å². The summed E-state index contributed by atoms with van der Waals surface area (Å²) in [5, 5.41) is 8.32. The predicted molar refractivity (Wildman–Crippen MR) is 52.4 cm³/mol. The Bertz CT molecular complexity index is 234. The van der Waals surface area contributed by atoms with Crippen LogP contribution in [-0.4, -0.2) is 29.4 Å². The molecule has 0 aliphatic carbocycles. The van der Waals surface area contributed by atoms with Gasteiger partial charge in [0.05, 0.1) is 6.61 Å². The first-order valence-electron chi connectivity index (χ1n) is 4.95. The molecular weight excluding hydrogens is 200 g/mol. The van der Waals surface area contributed by atoms with Crippen LogP contribution in [0.15, 0.2) is 0 Å². The first kappa shape index (κ1) is 13.6. The van der Waals surface area contributed by atoms with Crippen LogP contribution in [-0.2, 0) is 19.1 Å². The molecule has 0 spiro atoms. The highest BCUT2D eigenvalue weighted by molar-refractivity contribution is 5.95. The molecule has 0 aliphatic heterocycles. The topological polar surface area (TPSA) is 80.7 Å². The van der Waals surface area contributed by atoms with Crippen LogP contribution in [0.4, 0.5) is 0 Å². The van der Waals surface area contributed by atoms with E-state index in [4.69, 9.17) is 9.84 Å². The average Bonchev–Trinajstić information content (AvgIpc) is 2.14. The predicted octanol–water partition coefficient (Wildman–Crippen LogP) is 1.15. The van der Waals surface area contributed by atoms with E-state index in [1.165, 1.54) is 0 Å². The fourth-order valence-corrected chi connectivity index (χ4v) is 0.953. The number of aliphatic carboxylic acids is 1. The summed E-state index contributed by atoms with van der Waals surface area (Å²) in [5.41, 5.74) is 0. The van der Waals surface area contributed by atoms with Gasteiger partial charge < -0.3 is 9.84 Å². The number of carbonyl (C=O) groups excluding carboxylic acids is 2. The van der Waals surface area contributed by atoms with Gasteiger partial charge in [0.1, 0.15) is 12.2 Å². The Morgan fingerprint density at radius 3 is 2.40 bits per heavy atom. The van der Waals surface area contributed by atoms with E-state index in [1.54, 1.807) is 0 Å². The minimum Gasteiger partial charge on any atom is -0.481 e. The van der Waals surface area contributed by atoms with Gasteiger partial charge in [0, 0.05) is 12.8 Å². The van der Waals surface area contributed by atoms with Crippen molar-refractivity contribution < 1.29 is 24.2 Å². The average molecular weight is 216 g/mol. The van der Waals surface area contributed by atoms with Crippen LogP contribution in [0.5, 0.6) is 0 Å². The van der Waals surface area contributed by atoms with Gasteiger partial charge in [-0.1, -0.05) is 6.92 Å². The molecule has 0 radical (unpaired) electrons. The lowest BCUT2D eigenvalue weighted by molar-refractivity contribution is -0.146. The van der Waals surface area contributed by atoms with E-state index in [9.17, 15) is 14.4 Å². The standard InChI is InChI=1S/C10H16O5/c1-2-6-15-10(14)7-8(11)4-3-5-9(12)13/h2-7H2,1H3,(H,12,13). The molecule has 0 saturated carbocycles. The second kappa shape index (κ2) is 7.96. The van der Waals surface area contributed by atoms with Crippen LogP contribution in [0.3, 0.4) is 0 Å². The van der Waals surface area contributed by atoms with Gasteiger partial charge in [-0.3, -0.25) is 14.4 Å². The Labute approximate surface area is 88.4 Å². The Hall–Kier alpha value is -1.39. The second-order valence-corrected chi connectivity index (χ2v) is 3.18. The minimum absolute atomic E-state index is 0.0459. The van der Waals surface area contributed by atoms with Crippen molar-refractivity contribution in [3.63, 3.8) is 0 Å². The second-order valence-electron chi connectivity index (χ2n) is 3.18. The quantitative estimate of drug-likeness (QED) is 0.486. The number of carboxylic acids is 1. The maximum atomic E-state index is 11.1. The number of hydrogen-bond acceptors (Lipinski definition) is 4. The zero-order chi connectivity index (χ0) is 11.7. The third kappa shape index (κ3) is 8.93. The third-order valence-electron chi connectivity index (χ3n) is 1.65. The van der Waals surface area contributed by atoms with Crippen LogP contribution < -0.4 is 0 Å². The molecule has 0 amide bonds. The number of rotatable bonds is 8. The lowest BCUT2D eigenvalue weighted by atomic mass is 10.1. The van der Waals surface area contributed by atoms with E-state index in [2.05, 4.69) is 0 Å². The van der Waals surface area contributed by atoms with E-state index in [1.807, 2.05) is 6.92 Å². The van der Waals surface area contributed by atoms with Gasteiger partial charge in [0.25, 0.3) is 0 Å². The van der Waals surface area contributed by atoms with Crippen molar-refractivity contribution in [1.29, 1.82) is 0 Å². The van der Waals surface area contributed by atoms with E-state index in [0.717, 1.165) is 6.42 Å². The van der Waals surface area contributed by atoms with Crippen LogP contribution in [0.1, 0.15) is 39.0 Å². The zero-order valence-corrected chi connectivity index (χ0v) is 8.82. The van der Waals surface area contributed by atoms with E-state index >= 15 is 0 Å². The third-order valence-corrected chi connectivity index (χ3v) is 1.65. The molecule has 0 aromatic carbocycles. The zero-order valence-electron chi connectivity index (χ0n) is 8.82. The molecule has 0 rings (SSSR count). The normalized spacial score (nSPS) is 9.67. The first-order chi connectivity index (χ1) is 7.06. The molecule has 0 fully saturated rings. The van der Waals surface area contributed by atoms with Crippen LogP contribution in [0.25, 0.3) is 0 Å². The molecule has 0 heterocycles. The molecule has 0 saturated heterocycles. The number of esters is 1. The van der Waals surface area contributed by atoms with Crippen molar-refractivity contribution in [2.24, 2.45) is 0 Å². The maximum Gasteiger partial charge on any atom is 0.313 e. The number of carboxylic acid groups (broad SMARTS) is 1. The lowest BCUT2D eigenvalue weighted by Gasteiger charge is -2.01. The van der Waals surface area contributed by atoms with E-state index in [0.29, 0.717) is 6.61 Å². The van der Waals surface area contributed by atoms with Crippen molar-refractivity contribution in [3.05, 3.63) is 0 Å². The molecule has 86 valence electrons. The van der Waals surface area contributed by atoms with Gasteiger partial charge >= 0.3 is 11.9 Å². The fourth-order valence-electron chi connectivity index (χ4n) is 0.953. The Kier molecular flexibility index (Phi) is 7.23. The maximum absolute atomic E-state index is 11.1. The molecule has 1 N–H and O–H groups in total.